The van der Waals surface area contributed by atoms with Crippen LogP contribution < -0.4 is 5.32 Å². The molecule has 1 fully saturated rings. The van der Waals surface area contributed by atoms with E-state index in [0.717, 1.165) is 19.3 Å². The van der Waals surface area contributed by atoms with Crippen LogP contribution in [0.3, 0.4) is 0 Å². The van der Waals surface area contributed by atoms with Crippen molar-refractivity contribution in [1.29, 1.82) is 0 Å². The first-order valence-electron chi connectivity index (χ1n) is 7.22. The Morgan fingerprint density at radius 2 is 1.80 bits per heavy atom. The van der Waals surface area contributed by atoms with Gasteiger partial charge in [-0.05, 0) is 42.7 Å². The lowest BCUT2D eigenvalue weighted by atomic mass is 10.0. The zero-order chi connectivity index (χ0) is 14.1. The lowest BCUT2D eigenvalue weighted by Crippen LogP contribution is -2.28. The monoisotopic (exact) mass is 273 g/mol. The number of carbonyl (C=O) groups is 2. The molecule has 20 heavy (non-hydrogen) atoms. The van der Waals surface area contributed by atoms with E-state index in [1.54, 1.807) is 0 Å². The van der Waals surface area contributed by atoms with Crippen molar-refractivity contribution in [3.8, 4) is 0 Å². The zero-order valence-corrected chi connectivity index (χ0v) is 11.3. The van der Waals surface area contributed by atoms with Crippen molar-refractivity contribution in [1.82, 2.24) is 5.32 Å². The SMILES string of the molecule is O=C(O)[C@H]1C[C@@H]1C(=O)NCCC1Cc2ccccc2C1. The molecule has 0 heterocycles. The Balaban J connectivity index is 1.40. The van der Waals surface area contributed by atoms with Crippen molar-refractivity contribution in [2.24, 2.45) is 17.8 Å². The topological polar surface area (TPSA) is 66.4 Å². The van der Waals surface area contributed by atoms with Crippen LogP contribution >= 0.6 is 0 Å². The first-order chi connectivity index (χ1) is 9.65. The van der Waals surface area contributed by atoms with Crippen molar-refractivity contribution >= 4 is 11.9 Å². The lowest BCUT2D eigenvalue weighted by Gasteiger charge is -2.09. The summed E-state index contributed by atoms with van der Waals surface area (Å²) in [4.78, 5) is 22.4. The molecule has 3 rings (SSSR count). The number of amides is 1. The van der Waals surface area contributed by atoms with Gasteiger partial charge in [0.15, 0.2) is 0 Å². The molecular formula is C16H19NO3. The standard InChI is InChI=1S/C16H19NO3/c18-15(13-9-14(13)16(19)20)17-6-5-10-7-11-3-1-2-4-12(11)8-10/h1-4,10,13-14H,5-9H2,(H,17,18)(H,19,20)/t13-,14-/m0/s1. The Morgan fingerprint density at radius 3 is 2.35 bits per heavy atom. The highest BCUT2D eigenvalue weighted by Crippen LogP contribution is 2.38. The molecule has 0 radical (unpaired) electrons. The minimum Gasteiger partial charge on any atom is -0.481 e. The number of benzene rings is 1. The van der Waals surface area contributed by atoms with Gasteiger partial charge in [0.05, 0.1) is 11.8 Å². The highest BCUT2D eigenvalue weighted by Gasteiger charge is 2.48. The normalized spacial score (nSPS) is 24.2. The van der Waals surface area contributed by atoms with E-state index in [9.17, 15) is 9.59 Å². The summed E-state index contributed by atoms with van der Waals surface area (Å²) in [6.45, 7) is 0.653. The average molecular weight is 273 g/mol. The van der Waals surface area contributed by atoms with E-state index >= 15 is 0 Å². The van der Waals surface area contributed by atoms with Crippen LogP contribution in [0.5, 0.6) is 0 Å². The van der Waals surface area contributed by atoms with Gasteiger partial charge in [-0.25, -0.2) is 0 Å². The summed E-state index contributed by atoms with van der Waals surface area (Å²) < 4.78 is 0. The van der Waals surface area contributed by atoms with E-state index in [0.29, 0.717) is 18.9 Å². The van der Waals surface area contributed by atoms with Crippen molar-refractivity contribution in [2.75, 3.05) is 6.54 Å². The Morgan fingerprint density at radius 1 is 1.15 bits per heavy atom. The van der Waals surface area contributed by atoms with Gasteiger partial charge in [0.2, 0.25) is 5.91 Å². The molecule has 2 atom stereocenters. The summed E-state index contributed by atoms with van der Waals surface area (Å²) in [5.74, 6) is -1.09. The molecule has 2 N–H and O–H groups in total. The summed E-state index contributed by atoms with van der Waals surface area (Å²) in [7, 11) is 0. The number of carboxylic acids is 1. The van der Waals surface area contributed by atoms with E-state index in [1.807, 2.05) is 0 Å². The molecule has 1 amide bonds. The van der Waals surface area contributed by atoms with Gasteiger partial charge in [0.1, 0.15) is 0 Å². The van der Waals surface area contributed by atoms with Crippen LogP contribution in [0, 0.1) is 17.8 Å². The molecule has 1 aromatic carbocycles. The minimum atomic E-state index is -0.851. The molecule has 0 aromatic heterocycles. The fourth-order valence-electron chi connectivity index (χ4n) is 3.14. The number of hydrogen-bond acceptors (Lipinski definition) is 2. The van der Waals surface area contributed by atoms with Crippen molar-refractivity contribution in [3.63, 3.8) is 0 Å². The number of hydrogen-bond donors (Lipinski definition) is 2. The largest absolute Gasteiger partial charge is 0.481 e. The van der Waals surface area contributed by atoms with Crippen LogP contribution in [-0.4, -0.2) is 23.5 Å². The third-order valence-electron chi connectivity index (χ3n) is 4.43. The maximum absolute atomic E-state index is 11.7. The molecule has 4 nitrogen and oxygen atoms in total. The Labute approximate surface area is 118 Å². The van der Waals surface area contributed by atoms with Gasteiger partial charge in [0.25, 0.3) is 0 Å². The third-order valence-corrected chi connectivity index (χ3v) is 4.43. The number of nitrogens with one attached hydrogen (secondary N) is 1. The van der Waals surface area contributed by atoms with Crippen molar-refractivity contribution < 1.29 is 14.7 Å². The van der Waals surface area contributed by atoms with Gasteiger partial charge in [-0.3, -0.25) is 9.59 Å². The first kappa shape index (κ1) is 13.2. The van der Waals surface area contributed by atoms with Crippen molar-refractivity contribution in [2.45, 2.75) is 25.7 Å². The summed E-state index contributed by atoms with van der Waals surface area (Å²) >= 11 is 0. The maximum atomic E-state index is 11.7. The van der Waals surface area contributed by atoms with Crippen LogP contribution in [0.15, 0.2) is 24.3 Å². The van der Waals surface area contributed by atoms with E-state index < -0.39 is 11.9 Å². The van der Waals surface area contributed by atoms with Gasteiger partial charge in [-0.1, -0.05) is 24.3 Å². The number of carboxylic acid groups (broad SMARTS) is 1. The fraction of sp³-hybridized carbons (Fsp3) is 0.500. The minimum absolute atomic E-state index is 0.0899. The molecule has 1 aromatic rings. The molecule has 0 spiro atoms. The Bertz CT molecular complexity index is 515. The molecule has 106 valence electrons. The van der Waals surface area contributed by atoms with Gasteiger partial charge in [-0.2, -0.15) is 0 Å². The molecule has 4 heteroatoms. The number of aliphatic carboxylic acids is 1. The van der Waals surface area contributed by atoms with Crippen LogP contribution in [0.2, 0.25) is 0 Å². The van der Waals surface area contributed by atoms with Crippen LogP contribution in [0.4, 0.5) is 0 Å². The highest BCUT2D eigenvalue weighted by atomic mass is 16.4. The summed E-state index contributed by atoms with van der Waals surface area (Å²) in [6, 6.07) is 8.50. The number of fused-ring (bicyclic) bond motifs is 1. The third kappa shape index (κ3) is 2.69. The van der Waals surface area contributed by atoms with Crippen LogP contribution in [0.25, 0.3) is 0 Å². The predicted molar refractivity (Wildman–Crippen MR) is 74.2 cm³/mol. The van der Waals surface area contributed by atoms with E-state index in [4.69, 9.17) is 5.11 Å². The predicted octanol–water partition coefficient (Wildman–Crippen LogP) is 1.63. The van der Waals surface area contributed by atoms with Gasteiger partial charge in [-0.15, -0.1) is 0 Å². The first-order valence-corrected chi connectivity index (χ1v) is 7.22. The molecule has 0 bridgehead atoms. The molecular weight excluding hydrogens is 254 g/mol. The average Bonchev–Trinajstić information content (AvgIpc) is 3.13. The smallest absolute Gasteiger partial charge is 0.307 e. The van der Waals surface area contributed by atoms with Crippen molar-refractivity contribution in [3.05, 3.63) is 35.4 Å². The zero-order valence-electron chi connectivity index (χ0n) is 11.3. The Hall–Kier alpha value is -1.84. The number of rotatable bonds is 5. The molecule has 2 aliphatic carbocycles. The molecule has 0 saturated heterocycles. The molecule has 0 unspecified atom stereocenters. The molecule has 1 saturated carbocycles. The van der Waals surface area contributed by atoms with Gasteiger partial charge in [0, 0.05) is 6.54 Å². The second kappa shape index (κ2) is 5.27. The lowest BCUT2D eigenvalue weighted by molar-refractivity contribution is -0.140. The second-order valence-corrected chi connectivity index (χ2v) is 5.91. The van der Waals surface area contributed by atoms with Crippen LogP contribution in [-0.2, 0) is 22.4 Å². The van der Waals surface area contributed by atoms with E-state index in [1.165, 1.54) is 11.1 Å². The van der Waals surface area contributed by atoms with Gasteiger partial charge >= 0.3 is 5.97 Å². The summed E-state index contributed by atoms with van der Waals surface area (Å²) in [5.41, 5.74) is 2.86. The molecule has 0 aliphatic heterocycles. The quantitative estimate of drug-likeness (QED) is 0.857. The fourth-order valence-corrected chi connectivity index (χ4v) is 3.14. The maximum Gasteiger partial charge on any atom is 0.307 e. The molecule has 2 aliphatic rings. The van der Waals surface area contributed by atoms with Gasteiger partial charge < -0.3 is 10.4 Å². The van der Waals surface area contributed by atoms with E-state index in [-0.39, 0.29) is 11.8 Å². The van der Waals surface area contributed by atoms with Crippen LogP contribution in [0.1, 0.15) is 24.0 Å². The summed E-state index contributed by atoms with van der Waals surface area (Å²) in [5, 5.41) is 11.7. The van der Waals surface area contributed by atoms with E-state index in [2.05, 4.69) is 29.6 Å². The number of carbonyl (C=O) groups excluding carboxylic acids is 1. The summed E-state index contributed by atoms with van der Waals surface area (Å²) in [6.07, 6.45) is 3.64. The Kier molecular flexibility index (Phi) is 3.47. The highest BCUT2D eigenvalue weighted by molar-refractivity contribution is 5.89. The second-order valence-electron chi connectivity index (χ2n) is 5.91.